The Kier molecular flexibility index (Phi) is 6.64. The number of nitrogens with one attached hydrogen (secondary N) is 1. The normalized spacial score (nSPS) is 11.2. The molecule has 2 aromatic carbocycles. The highest BCUT2D eigenvalue weighted by Crippen LogP contribution is 2.25. The standard InChI is InChI=1S/C21H27NO4/c1-21(2,3)26-20(24)19-16(6-5-7-18(19)25-4)14-22-13-12-15-8-10-17(23)11-9-15/h5-11,22-23H,12-14H2,1-4H3. The number of esters is 1. The van der Waals surface area contributed by atoms with Gasteiger partial charge in [-0.05, 0) is 63.1 Å². The van der Waals surface area contributed by atoms with Crippen LogP contribution in [0.4, 0.5) is 0 Å². The third-order valence-corrected chi connectivity index (χ3v) is 3.78. The van der Waals surface area contributed by atoms with Crippen LogP contribution in [0.3, 0.4) is 0 Å². The zero-order valence-corrected chi connectivity index (χ0v) is 15.8. The monoisotopic (exact) mass is 357 g/mol. The lowest BCUT2D eigenvalue weighted by molar-refractivity contribution is 0.00651. The van der Waals surface area contributed by atoms with E-state index in [4.69, 9.17) is 9.47 Å². The van der Waals surface area contributed by atoms with Crippen LogP contribution in [0.5, 0.6) is 11.5 Å². The lowest BCUT2D eigenvalue weighted by atomic mass is 10.1. The number of phenolic OH excluding ortho intramolecular Hbond substituents is 1. The van der Waals surface area contributed by atoms with Crippen LogP contribution in [0.2, 0.25) is 0 Å². The summed E-state index contributed by atoms with van der Waals surface area (Å²) >= 11 is 0. The topological polar surface area (TPSA) is 67.8 Å². The van der Waals surface area contributed by atoms with E-state index < -0.39 is 5.60 Å². The van der Waals surface area contributed by atoms with Crippen LogP contribution in [0.15, 0.2) is 42.5 Å². The van der Waals surface area contributed by atoms with Crippen LogP contribution in [0.1, 0.15) is 42.3 Å². The van der Waals surface area contributed by atoms with Gasteiger partial charge in [-0.15, -0.1) is 0 Å². The molecule has 0 atom stereocenters. The second kappa shape index (κ2) is 8.72. The number of aromatic hydroxyl groups is 1. The highest BCUT2D eigenvalue weighted by Gasteiger charge is 2.23. The fourth-order valence-electron chi connectivity index (χ4n) is 2.57. The molecule has 0 aliphatic carbocycles. The molecule has 2 rings (SSSR count). The van der Waals surface area contributed by atoms with Crippen molar-refractivity contribution in [1.29, 1.82) is 0 Å². The first-order valence-electron chi connectivity index (χ1n) is 8.68. The third kappa shape index (κ3) is 5.77. The highest BCUT2D eigenvalue weighted by atomic mass is 16.6. The van der Waals surface area contributed by atoms with Crippen molar-refractivity contribution < 1.29 is 19.4 Å². The number of hydrogen-bond donors (Lipinski definition) is 2. The molecule has 0 fully saturated rings. The fourth-order valence-corrected chi connectivity index (χ4v) is 2.57. The van der Waals surface area contributed by atoms with Gasteiger partial charge in [-0.25, -0.2) is 4.79 Å². The van der Waals surface area contributed by atoms with Crippen LogP contribution >= 0.6 is 0 Å². The Morgan fingerprint density at radius 3 is 2.42 bits per heavy atom. The maximum Gasteiger partial charge on any atom is 0.342 e. The molecule has 0 spiro atoms. The lowest BCUT2D eigenvalue weighted by Gasteiger charge is -2.21. The molecule has 0 amide bonds. The van der Waals surface area contributed by atoms with Crippen molar-refractivity contribution in [3.63, 3.8) is 0 Å². The molecule has 0 saturated carbocycles. The Balaban J connectivity index is 2.03. The average molecular weight is 357 g/mol. The van der Waals surface area contributed by atoms with Crippen molar-refractivity contribution in [3.05, 3.63) is 59.2 Å². The zero-order valence-electron chi connectivity index (χ0n) is 15.8. The van der Waals surface area contributed by atoms with Crippen molar-refractivity contribution in [3.8, 4) is 11.5 Å². The first-order chi connectivity index (χ1) is 12.3. The molecule has 0 radical (unpaired) electrons. The van der Waals surface area contributed by atoms with Gasteiger partial charge in [-0.1, -0.05) is 24.3 Å². The molecule has 0 aromatic heterocycles. The second-order valence-electron chi connectivity index (χ2n) is 7.09. The molecule has 0 aliphatic rings. The van der Waals surface area contributed by atoms with Crippen molar-refractivity contribution in [2.24, 2.45) is 0 Å². The summed E-state index contributed by atoms with van der Waals surface area (Å²) in [5.74, 6) is 0.391. The van der Waals surface area contributed by atoms with E-state index in [-0.39, 0.29) is 11.7 Å². The molecule has 2 aromatic rings. The maximum atomic E-state index is 12.6. The first kappa shape index (κ1) is 19.8. The smallest absolute Gasteiger partial charge is 0.342 e. The quantitative estimate of drug-likeness (QED) is 0.584. The second-order valence-corrected chi connectivity index (χ2v) is 7.09. The number of carbonyl (C=O) groups excluding carboxylic acids is 1. The van der Waals surface area contributed by atoms with Crippen molar-refractivity contribution in [2.75, 3.05) is 13.7 Å². The van der Waals surface area contributed by atoms with E-state index in [0.717, 1.165) is 24.1 Å². The first-order valence-corrected chi connectivity index (χ1v) is 8.68. The van der Waals surface area contributed by atoms with Crippen molar-refractivity contribution in [1.82, 2.24) is 5.32 Å². The number of rotatable bonds is 7. The van der Waals surface area contributed by atoms with Crippen LogP contribution in [-0.2, 0) is 17.7 Å². The van der Waals surface area contributed by atoms with Crippen molar-refractivity contribution >= 4 is 5.97 Å². The van der Waals surface area contributed by atoms with Crippen molar-refractivity contribution in [2.45, 2.75) is 39.3 Å². The number of carbonyl (C=O) groups is 1. The van der Waals surface area contributed by atoms with Crippen LogP contribution < -0.4 is 10.1 Å². The SMILES string of the molecule is COc1cccc(CNCCc2ccc(O)cc2)c1C(=O)OC(C)(C)C. The Labute approximate surface area is 155 Å². The zero-order chi connectivity index (χ0) is 19.2. The minimum atomic E-state index is -0.568. The molecule has 140 valence electrons. The summed E-state index contributed by atoms with van der Waals surface area (Å²) in [4.78, 5) is 12.6. The Morgan fingerprint density at radius 2 is 1.81 bits per heavy atom. The average Bonchev–Trinajstić information content (AvgIpc) is 2.58. The minimum absolute atomic E-state index is 0.264. The van der Waals surface area contributed by atoms with Crippen LogP contribution in [-0.4, -0.2) is 30.3 Å². The molecule has 2 N–H and O–H groups in total. The van der Waals surface area contributed by atoms with Gasteiger partial charge in [0.05, 0.1) is 7.11 Å². The summed E-state index contributed by atoms with van der Waals surface area (Å²) in [5, 5.41) is 12.7. The van der Waals surface area contributed by atoms with E-state index in [2.05, 4.69) is 5.32 Å². The highest BCUT2D eigenvalue weighted by molar-refractivity contribution is 5.94. The molecular weight excluding hydrogens is 330 g/mol. The van der Waals surface area contributed by atoms with Gasteiger partial charge >= 0.3 is 5.97 Å². The molecule has 0 bridgehead atoms. The van der Waals surface area contributed by atoms with Gasteiger partial charge in [0.1, 0.15) is 22.7 Å². The van der Waals surface area contributed by atoms with Gasteiger partial charge in [-0.3, -0.25) is 0 Å². The molecule has 0 unspecified atom stereocenters. The molecule has 0 aliphatic heterocycles. The Morgan fingerprint density at radius 1 is 1.12 bits per heavy atom. The molecular formula is C21H27NO4. The fraction of sp³-hybridized carbons (Fsp3) is 0.381. The molecule has 0 saturated heterocycles. The van der Waals surface area contributed by atoms with Crippen LogP contribution in [0, 0.1) is 0 Å². The summed E-state index contributed by atoms with van der Waals surface area (Å²) in [6, 6.07) is 12.7. The Bertz CT molecular complexity index is 733. The van der Waals surface area contributed by atoms with Gasteiger partial charge in [0.25, 0.3) is 0 Å². The van der Waals surface area contributed by atoms with Gasteiger partial charge in [0.15, 0.2) is 0 Å². The predicted molar refractivity (Wildman–Crippen MR) is 102 cm³/mol. The van der Waals surface area contributed by atoms with E-state index in [1.54, 1.807) is 25.3 Å². The van der Waals surface area contributed by atoms with Crippen LogP contribution in [0.25, 0.3) is 0 Å². The summed E-state index contributed by atoms with van der Waals surface area (Å²) < 4.78 is 10.9. The number of phenols is 1. The molecule has 26 heavy (non-hydrogen) atoms. The van der Waals surface area contributed by atoms with Gasteiger partial charge < -0.3 is 19.9 Å². The molecule has 0 heterocycles. The summed E-state index contributed by atoms with van der Waals surface area (Å²) in [6.07, 6.45) is 0.825. The molecule has 5 nitrogen and oxygen atoms in total. The number of ether oxygens (including phenoxy) is 2. The molecule has 5 heteroatoms. The Hall–Kier alpha value is -2.53. The van der Waals surface area contributed by atoms with E-state index in [1.807, 2.05) is 45.0 Å². The van der Waals surface area contributed by atoms with E-state index >= 15 is 0 Å². The number of methoxy groups -OCH3 is 1. The third-order valence-electron chi connectivity index (χ3n) is 3.78. The lowest BCUT2D eigenvalue weighted by Crippen LogP contribution is -2.26. The summed E-state index contributed by atoms with van der Waals surface area (Å²) in [5.41, 5.74) is 1.86. The summed E-state index contributed by atoms with van der Waals surface area (Å²) in [6.45, 7) is 6.81. The van der Waals surface area contributed by atoms with Gasteiger partial charge in [-0.2, -0.15) is 0 Å². The minimum Gasteiger partial charge on any atom is -0.508 e. The predicted octanol–water partition coefficient (Wildman–Crippen LogP) is 3.69. The van der Waals surface area contributed by atoms with E-state index in [0.29, 0.717) is 17.9 Å². The number of hydrogen-bond acceptors (Lipinski definition) is 5. The number of benzene rings is 2. The summed E-state index contributed by atoms with van der Waals surface area (Å²) in [7, 11) is 1.55. The largest absolute Gasteiger partial charge is 0.508 e. The van der Waals surface area contributed by atoms with Gasteiger partial charge in [0, 0.05) is 6.54 Å². The van der Waals surface area contributed by atoms with E-state index in [1.165, 1.54) is 0 Å². The van der Waals surface area contributed by atoms with Gasteiger partial charge in [0.2, 0.25) is 0 Å². The maximum absolute atomic E-state index is 12.6. The van der Waals surface area contributed by atoms with E-state index in [9.17, 15) is 9.90 Å².